The Kier molecular flexibility index (Phi) is 6.49. The van der Waals surface area contributed by atoms with Crippen LogP contribution in [0.2, 0.25) is 0 Å². The highest BCUT2D eigenvalue weighted by Crippen LogP contribution is 2.19. The second kappa shape index (κ2) is 9.63. The number of amides is 1. The van der Waals surface area contributed by atoms with Crippen LogP contribution in [0.15, 0.2) is 76.7 Å². The summed E-state index contributed by atoms with van der Waals surface area (Å²) in [4.78, 5) is 36.2. The first-order valence-corrected chi connectivity index (χ1v) is 11.0. The Bertz CT molecular complexity index is 1030. The minimum absolute atomic E-state index is 0.0137. The highest BCUT2D eigenvalue weighted by molar-refractivity contribution is 7.98. The molecule has 1 amide bonds. The van der Waals surface area contributed by atoms with E-state index in [4.69, 9.17) is 0 Å². The first-order valence-electron chi connectivity index (χ1n) is 10.0. The molecule has 1 aromatic heterocycles. The topological polar surface area (TPSA) is 69.3 Å². The molecule has 0 atom stereocenters. The number of hydrogen-bond acceptors (Lipinski definition) is 5. The molecule has 1 aliphatic heterocycles. The van der Waals surface area contributed by atoms with Crippen LogP contribution in [-0.2, 0) is 17.0 Å². The Labute approximate surface area is 179 Å². The Morgan fingerprint density at radius 3 is 2.33 bits per heavy atom. The van der Waals surface area contributed by atoms with Gasteiger partial charge >= 0.3 is 0 Å². The van der Waals surface area contributed by atoms with E-state index in [9.17, 15) is 9.59 Å². The number of aromatic nitrogens is 2. The van der Waals surface area contributed by atoms with Gasteiger partial charge < -0.3 is 14.8 Å². The molecular formula is C23H24N4O2S. The van der Waals surface area contributed by atoms with Crippen molar-refractivity contribution in [2.24, 2.45) is 0 Å². The van der Waals surface area contributed by atoms with Gasteiger partial charge in [0.15, 0.2) is 5.16 Å². The quantitative estimate of drug-likeness (QED) is 0.491. The minimum Gasteiger partial charge on any atom is -0.368 e. The van der Waals surface area contributed by atoms with Crippen LogP contribution in [0.4, 0.5) is 5.69 Å². The predicted molar refractivity (Wildman–Crippen MR) is 120 cm³/mol. The van der Waals surface area contributed by atoms with E-state index in [1.807, 2.05) is 53.4 Å². The van der Waals surface area contributed by atoms with Crippen LogP contribution < -0.4 is 10.5 Å². The van der Waals surface area contributed by atoms with Gasteiger partial charge in [-0.05, 0) is 17.7 Å². The van der Waals surface area contributed by atoms with Crippen LogP contribution in [0, 0.1) is 0 Å². The average molecular weight is 421 g/mol. The van der Waals surface area contributed by atoms with Crippen molar-refractivity contribution in [2.75, 3.05) is 31.1 Å². The van der Waals surface area contributed by atoms with Gasteiger partial charge in [0.25, 0.3) is 5.56 Å². The summed E-state index contributed by atoms with van der Waals surface area (Å²) in [5.74, 6) is 0.725. The van der Waals surface area contributed by atoms with Gasteiger partial charge in [0.2, 0.25) is 5.91 Å². The SMILES string of the molecule is O=C(Cc1cc(=O)[nH]c(SCc2ccccc2)n1)N1CCN(c2ccccc2)CC1. The molecule has 4 rings (SSSR count). The Morgan fingerprint density at radius 2 is 1.63 bits per heavy atom. The number of hydrogen-bond donors (Lipinski definition) is 1. The third-order valence-electron chi connectivity index (χ3n) is 5.08. The number of rotatable bonds is 6. The number of carbonyl (C=O) groups is 1. The summed E-state index contributed by atoms with van der Waals surface area (Å²) in [6.45, 7) is 2.95. The second-order valence-electron chi connectivity index (χ2n) is 7.20. The molecule has 6 nitrogen and oxygen atoms in total. The van der Waals surface area contributed by atoms with Gasteiger partial charge in [-0.3, -0.25) is 9.59 Å². The molecule has 30 heavy (non-hydrogen) atoms. The number of piperazine rings is 1. The molecule has 1 N–H and O–H groups in total. The lowest BCUT2D eigenvalue weighted by Gasteiger charge is -2.36. The molecule has 1 aliphatic rings. The number of thioether (sulfide) groups is 1. The van der Waals surface area contributed by atoms with Gasteiger partial charge in [-0.1, -0.05) is 60.3 Å². The van der Waals surface area contributed by atoms with Gasteiger partial charge in [-0.25, -0.2) is 4.98 Å². The van der Waals surface area contributed by atoms with E-state index in [1.165, 1.54) is 23.5 Å². The number of carbonyl (C=O) groups excluding carboxylic acids is 1. The molecule has 2 heterocycles. The van der Waals surface area contributed by atoms with E-state index in [0.717, 1.165) is 18.7 Å². The zero-order valence-electron chi connectivity index (χ0n) is 16.7. The van der Waals surface area contributed by atoms with Crippen LogP contribution in [0.25, 0.3) is 0 Å². The zero-order chi connectivity index (χ0) is 20.8. The molecule has 0 spiro atoms. The van der Waals surface area contributed by atoms with Crippen molar-refractivity contribution < 1.29 is 4.79 Å². The van der Waals surface area contributed by atoms with Crippen LogP contribution in [-0.4, -0.2) is 47.0 Å². The first kappa shape index (κ1) is 20.2. The second-order valence-corrected chi connectivity index (χ2v) is 8.16. The van der Waals surface area contributed by atoms with Crippen LogP contribution >= 0.6 is 11.8 Å². The van der Waals surface area contributed by atoms with Crippen molar-refractivity contribution >= 4 is 23.4 Å². The van der Waals surface area contributed by atoms with E-state index < -0.39 is 0 Å². The molecule has 1 fully saturated rings. The smallest absolute Gasteiger partial charge is 0.251 e. The number of aromatic amines is 1. The summed E-state index contributed by atoms with van der Waals surface area (Å²) in [6.07, 6.45) is 0.147. The number of nitrogens with zero attached hydrogens (tertiary/aromatic N) is 3. The maximum absolute atomic E-state index is 12.8. The summed E-state index contributed by atoms with van der Waals surface area (Å²) < 4.78 is 0. The molecule has 154 valence electrons. The molecular weight excluding hydrogens is 396 g/mol. The summed E-state index contributed by atoms with van der Waals surface area (Å²) in [5, 5.41) is 0.544. The molecule has 0 radical (unpaired) electrons. The lowest BCUT2D eigenvalue weighted by molar-refractivity contribution is -0.130. The molecule has 0 bridgehead atoms. The Balaban J connectivity index is 1.34. The fraction of sp³-hybridized carbons (Fsp3) is 0.261. The van der Waals surface area contributed by atoms with Crippen molar-refractivity contribution in [2.45, 2.75) is 17.3 Å². The van der Waals surface area contributed by atoms with Gasteiger partial charge in [0, 0.05) is 43.7 Å². The summed E-state index contributed by atoms with van der Waals surface area (Å²) in [5.41, 5.74) is 2.63. The number of anilines is 1. The highest BCUT2D eigenvalue weighted by Gasteiger charge is 2.22. The van der Waals surface area contributed by atoms with Gasteiger partial charge in [-0.15, -0.1) is 0 Å². The number of para-hydroxylation sites is 1. The molecule has 0 saturated carbocycles. The van der Waals surface area contributed by atoms with Crippen molar-refractivity contribution in [3.63, 3.8) is 0 Å². The fourth-order valence-electron chi connectivity index (χ4n) is 3.49. The Morgan fingerprint density at radius 1 is 0.967 bits per heavy atom. The van der Waals surface area contributed by atoms with Crippen LogP contribution in [0.3, 0.4) is 0 Å². The van der Waals surface area contributed by atoms with E-state index >= 15 is 0 Å². The van der Waals surface area contributed by atoms with Crippen molar-refractivity contribution in [1.82, 2.24) is 14.9 Å². The zero-order valence-corrected chi connectivity index (χ0v) is 17.5. The maximum Gasteiger partial charge on any atom is 0.251 e. The van der Waals surface area contributed by atoms with E-state index in [1.54, 1.807) is 0 Å². The van der Waals surface area contributed by atoms with Gasteiger partial charge in [0.05, 0.1) is 12.1 Å². The summed E-state index contributed by atoms with van der Waals surface area (Å²) in [6, 6.07) is 21.7. The molecule has 7 heteroatoms. The lowest BCUT2D eigenvalue weighted by Crippen LogP contribution is -2.49. The van der Waals surface area contributed by atoms with E-state index in [-0.39, 0.29) is 17.9 Å². The molecule has 1 saturated heterocycles. The normalized spacial score (nSPS) is 14.0. The molecule has 3 aromatic rings. The van der Waals surface area contributed by atoms with E-state index in [0.29, 0.717) is 29.7 Å². The minimum atomic E-state index is -0.225. The monoisotopic (exact) mass is 420 g/mol. The van der Waals surface area contributed by atoms with Crippen molar-refractivity contribution in [3.05, 3.63) is 88.3 Å². The van der Waals surface area contributed by atoms with Gasteiger partial charge in [0.1, 0.15) is 0 Å². The largest absolute Gasteiger partial charge is 0.368 e. The van der Waals surface area contributed by atoms with Crippen molar-refractivity contribution in [1.29, 1.82) is 0 Å². The lowest BCUT2D eigenvalue weighted by atomic mass is 10.2. The van der Waals surface area contributed by atoms with Crippen LogP contribution in [0.5, 0.6) is 0 Å². The fourth-order valence-corrected chi connectivity index (χ4v) is 4.34. The first-order chi connectivity index (χ1) is 14.7. The molecule has 2 aromatic carbocycles. The predicted octanol–water partition coefficient (Wildman–Crippen LogP) is 2.95. The summed E-state index contributed by atoms with van der Waals surface area (Å²) in [7, 11) is 0. The van der Waals surface area contributed by atoms with E-state index in [2.05, 4.69) is 27.0 Å². The number of benzene rings is 2. The van der Waals surface area contributed by atoms with Gasteiger partial charge in [-0.2, -0.15) is 0 Å². The molecule has 0 aliphatic carbocycles. The van der Waals surface area contributed by atoms with Crippen LogP contribution in [0.1, 0.15) is 11.3 Å². The standard InChI is InChI=1S/C23H24N4O2S/c28-21-15-19(24-23(25-21)30-17-18-7-3-1-4-8-18)16-22(29)27-13-11-26(12-14-27)20-9-5-2-6-10-20/h1-10,15H,11-14,16-17H2,(H,24,25,28). The average Bonchev–Trinajstić information content (AvgIpc) is 2.79. The molecule has 0 unspecified atom stereocenters. The third-order valence-corrected chi connectivity index (χ3v) is 6.02. The highest BCUT2D eigenvalue weighted by atomic mass is 32.2. The van der Waals surface area contributed by atoms with Crippen molar-refractivity contribution in [3.8, 4) is 0 Å². The maximum atomic E-state index is 12.8. The number of nitrogens with one attached hydrogen (secondary N) is 1. The Hall–Kier alpha value is -3.06. The number of H-pyrrole nitrogens is 1. The third kappa shape index (κ3) is 5.30. The summed E-state index contributed by atoms with van der Waals surface area (Å²) >= 11 is 1.46.